The molecule has 2 N–H and O–H groups in total. The third-order valence-corrected chi connectivity index (χ3v) is 3.06. The number of allylic oxidation sites excluding steroid dienone is 1. The summed E-state index contributed by atoms with van der Waals surface area (Å²) in [4.78, 5) is 0. The van der Waals surface area contributed by atoms with Crippen molar-refractivity contribution >= 4 is 0 Å². The predicted molar refractivity (Wildman–Crippen MR) is 53.9 cm³/mol. The molecule has 1 aliphatic rings. The van der Waals surface area contributed by atoms with Gasteiger partial charge in [-0.05, 0) is 44.6 Å². The third-order valence-electron chi connectivity index (χ3n) is 3.06. The molecule has 12 heavy (non-hydrogen) atoms. The summed E-state index contributed by atoms with van der Waals surface area (Å²) in [7, 11) is 0. The van der Waals surface area contributed by atoms with Crippen molar-refractivity contribution in [1.29, 1.82) is 0 Å². The SMILES string of the molecule is C=C(C)CCC1CCCC1CN. The average Bonchev–Trinajstić information content (AvgIpc) is 2.47. The van der Waals surface area contributed by atoms with Gasteiger partial charge in [0.05, 0.1) is 0 Å². The fraction of sp³-hybridized carbons (Fsp3) is 0.818. The molecule has 1 aliphatic carbocycles. The van der Waals surface area contributed by atoms with Crippen LogP contribution in [0, 0.1) is 11.8 Å². The van der Waals surface area contributed by atoms with Crippen LogP contribution in [0.5, 0.6) is 0 Å². The summed E-state index contributed by atoms with van der Waals surface area (Å²) in [6.45, 7) is 6.94. The lowest BCUT2D eigenvalue weighted by molar-refractivity contribution is 0.372. The number of hydrogen-bond acceptors (Lipinski definition) is 1. The predicted octanol–water partition coefficient (Wildman–Crippen LogP) is 2.72. The molecule has 0 bridgehead atoms. The molecule has 1 heteroatoms. The Morgan fingerprint density at radius 3 is 2.67 bits per heavy atom. The summed E-state index contributed by atoms with van der Waals surface area (Å²) in [5.74, 6) is 1.70. The maximum atomic E-state index is 5.71. The zero-order chi connectivity index (χ0) is 8.97. The summed E-state index contributed by atoms with van der Waals surface area (Å²) < 4.78 is 0. The molecule has 1 fully saturated rings. The largest absolute Gasteiger partial charge is 0.330 e. The standard InChI is InChI=1S/C11H21N/c1-9(2)6-7-10-4-3-5-11(10)8-12/h10-11H,1,3-8,12H2,2H3. The van der Waals surface area contributed by atoms with E-state index in [1.807, 2.05) is 0 Å². The van der Waals surface area contributed by atoms with Crippen molar-refractivity contribution in [3.63, 3.8) is 0 Å². The molecular weight excluding hydrogens is 146 g/mol. The van der Waals surface area contributed by atoms with Gasteiger partial charge in [0.2, 0.25) is 0 Å². The van der Waals surface area contributed by atoms with Crippen molar-refractivity contribution in [1.82, 2.24) is 0 Å². The molecule has 0 aromatic rings. The van der Waals surface area contributed by atoms with Gasteiger partial charge in [-0.15, -0.1) is 6.58 Å². The van der Waals surface area contributed by atoms with Gasteiger partial charge < -0.3 is 5.73 Å². The highest BCUT2D eigenvalue weighted by Gasteiger charge is 2.25. The molecular formula is C11H21N. The molecule has 0 radical (unpaired) electrons. The van der Waals surface area contributed by atoms with Gasteiger partial charge in [0.25, 0.3) is 0 Å². The van der Waals surface area contributed by atoms with Gasteiger partial charge in [-0.2, -0.15) is 0 Å². The van der Waals surface area contributed by atoms with E-state index in [2.05, 4.69) is 13.5 Å². The Bertz CT molecular complexity index is 151. The van der Waals surface area contributed by atoms with Crippen molar-refractivity contribution in [2.24, 2.45) is 17.6 Å². The van der Waals surface area contributed by atoms with E-state index in [1.165, 1.54) is 37.7 Å². The van der Waals surface area contributed by atoms with Gasteiger partial charge in [-0.3, -0.25) is 0 Å². The van der Waals surface area contributed by atoms with Crippen LogP contribution in [0.2, 0.25) is 0 Å². The van der Waals surface area contributed by atoms with E-state index in [9.17, 15) is 0 Å². The van der Waals surface area contributed by atoms with Crippen LogP contribution in [0.1, 0.15) is 39.0 Å². The Morgan fingerprint density at radius 1 is 1.42 bits per heavy atom. The fourth-order valence-electron chi connectivity index (χ4n) is 2.24. The van der Waals surface area contributed by atoms with E-state index in [-0.39, 0.29) is 0 Å². The molecule has 0 aliphatic heterocycles. The van der Waals surface area contributed by atoms with Crippen LogP contribution in [-0.2, 0) is 0 Å². The second-order valence-electron chi connectivity index (χ2n) is 4.18. The van der Waals surface area contributed by atoms with Gasteiger partial charge in [0.1, 0.15) is 0 Å². The van der Waals surface area contributed by atoms with E-state index < -0.39 is 0 Å². The number of hydrogen-bond donors (Lipinski definition) is 1. The molecule has 0 aromatic heterocycles. The Labute approximate surface area is 76.0 Å². The molecule has 0 amide bonds. The minimum Gasteiger partial charge on any atom is -0.330 e. The van der Waals surface area contributed by atoms with Crippen LogP contribution in [0.15, 0.2) is 12.2 Å². The van der Waals surface area contributed by atoms with E-state index in [0.29, 0.717) is 0 Å². The Morgan fingerprint density at radius 2 is 2.08 bits per heavy atom. The van der Waals surface area contributed by atoms with Crippen molar-refractivity contribution in [3.05, 3.63) is 12.2 Å². The van der Waals surface area contributed by atoms with E-state index >= 15 is 0 Å². The number of nitrogens with two attached hydrogens (primary N) is 1. The van der Waals surface area contributed by atoms with Gasteiger partial charge in [0.15, 0.2) is 0 Å². The van der Waals surface area contributed by atoms with Crippen LogP contribution >= 0.6 is 0 Å². The summed E-state index contributed by atoms with van der Waals surface area (Å²) in [5.41, 5.74) is 7.03. The smallest absolute Gasteiger partial charge is 0.00462 e. The molecule has 0 heterocycles. The van der Waals surface area contributed by atoms with Crippen LogP contribution in [-0.4, -0.2) is 6.54 Å². The first-order valence-electron chi connectivity index (χ1n) is 5.08. The lowest BCUT2D eigenvalue weighted by Crippen LogP contribution is -2.18. The Hall–Kier alpha value is -0.300. The first-order chi connectivity index (χ1) is 5.74. The Kier molecular flexibility index (Phi) is 3.80. The highest BCUT2D eigenvalue weighted by atomic mass is 14.6. The monoisotopic (exact) mass is 167 g/mol. The van der Waals surface area contributed by atoms with Crippen molar-refractivity contribution in [2.75, 3.05) is 6.54 Å². The zero-order valence-corrected chi connectivity index (χ0v) is 8.18. The van der Waals surface area contributed by atoms with Gasteiger partial charge in [0, 0.05) is 0 Å². The molecule has 1 nitrogen and oxygen atoms in total. The van der Waals surface area contributed by atoms with Crippen LogP contribution in [0.25, 0.3) is 0 Å². The molecule has 70 valence electrons. The minimum absolute atomic E-state index is 0.810. The number of rotatable bonds is 4. The molecule has 0 spiro atoms. The van der Waals surface area contributed by atoms with Crippen LogP contribution in [0.4, 0.5) is 0 Å². The van der Waals surface area contributed by atoms with Crippen LogP contribution in [0.3, 0.4) is 0 Å². The molecule has 2 atom stereocenters. The van der Waals surface area contributed by atoms with E-state index in [4.69, 9.17) is 5.73 Å². The highest BCUT2D eigenvalue weighted by Crippen LogP contribution is 2.34. The summed E-state index contributed by atoms with van der Waals surface area (Å²) in [5, 5.41) is 0. The van der Waals surface area contributed by atoms with Gasteiger partial charge >= 0.3 is 0 Å². The maximum absolute atomic E-state index is 5.71. The van der Waals surface area contributed by atoms with Gasteiger partial charge in [-0.1, -0.05) is 18.4 Å². The van der Waals surface area contributed by atoms with Crippen molar-refractivity contribution in [2.45, 2.75) is 39.0 Å². The van der Waals surface area contributed by atoms with Crippen LogP contribution < -0.4 is 5.73 Å². The van der Waals surface area contributed by atoms with E-state index in [1.54, 1.807) is 0 Å². The molecule has 1 saturated carbocycles. The van der Waals surface area contributed by atoms with Crippen molar-refractivity contribution in [3.8, 4) is 0 Å². The molecule has 0 aromatic carbocycles. The molecule has 1 rings (SSSR count). The highest BCUT2D eigenvalue weighted by molar-refractivity contribution is 4.90. The lowest BCUT2D eigenvalue weighted by atomic mass is 9.90. The normalized spacial score (nSPS) is 29.2. The second kappa shape index (κ2) is 4.66. The summed E-state index contributed by atoms with van der Waals surface area (Å²) in [6, 6.07) is 0. The average molecular weight is 167 g/mol. The lowest BCUT2D eigenvalue weighted by Gasteiger charge is -2.17. The maximum Gasteiger partial charge on any atom is -0.00462 e. The summed E-state index contributed by atoms with van der Waals surface area (Å²) in [6.07, 6.45) is 6.66. The first-order valence-corrected chi connectivity index (χ1v) is 5.08. The summed E-state index contributed by atoms with van der Waals surface area (Å²) >= 11 is 0. The van der Waals surface area contributed by atoms with Crippen molar-refractivity contribution < 1.29 is 0 Å². The quantitative estimate of drug-likeness (QED) is 0.640. The zero-order valence-electron chi connectivity index (χ0n) is 8.18. The van der Waals surface area contributed by atoms with E-state index in [0.717, 1.165) is 18.4 Å². The van der Waals surface area contributed by atoms with Gasteiger partial charge in [-0.25, -0.2) is 0 Å². The minimum atomic E-state index is 0.810. The second-order valence-corrected chi connectivity index (χ2v) is 4.18. The molecule has 0 saturated heterocycles. The first kappa shape index (κ1) is 9.79. The third kappa shape index (κ3) is 2.63. The Balaban J connectivity index is 2.26. The molecule has 2 unspecified atom stereocenters. The topological polar surface area (TPSA) is 26.0 Å². The fourth-order valence-corrected chi connectivity index (χ4v) is 2.24.